The number of nitrogens with zero attached hydrogens (tertiary/aromatic N) is 6. The molecule has 0 aromatic carbocycles. The van der Waals surface area contributed by atoms with Crippen LogP contribution in [0.15, 0.2) is 24.8 Å². The van der Waals surface area contributed by atoms with Gasteiger partial charge in [-0.05, 0) is 6.92 Å². The van der Waals surface area contributed by atoms with Gasteiger partial charge in [0.2, 0.25) is 0 Å². The van der Waals surface area contributed by atoms with Gasteiger partial charge in [-0.15, -0.1) is 0 Å². The number of halogens is 3. The number of hydrogen-bond donors (Lipinski definition) is 0. The second kappa shape index (κ2) is 5.98. The van der Waals surface area contributed by atoms with Crippen molar-refractivity contribution >= 4 is 11.6 Å². The lowest BCUT2D eigenvalue weighted by Gasteiger charge is -2.36. The summed E-state index contributed by atoms with van der Waals surface area (Å²) in [5.74, 6) is 1.07. The zero-order chi connectivity index (χ0) is 16.4. The van der Waals surface area contributed by atoms with Crippen LogP contribution in [-0.2, 0) is 6.18 Å². The standard InChI is InChI=1S/C14H15F3N6/c1-10-7-18-8-13(21-10)23-4-2-22(3-5-23)12-6-11(14(15,16)17)19-9-20-12/h6-9H,2-5H2,1H3. The summed E-state index contributed by atoms with van der Waals surface area (Å²) < 4.78 is 38.2. The van der Waals surface area contributed by atoms with Crippen LogP contribution >= 0.6 is 0 Å². The van der Waals surface area contributed by atoms with Crippen molar-refractivity contribution in [2.75, 3.05) is 36.0 Å². The molecule has 0 amide bonds. The molecule has 0 aliphatic carbocycles. The van der Waals surface area contributed by atoms with E-state index in [4.69, 9.17) is 0 Å². The van der Waals surface area contributed by atoms with Crippen molar-refractivity contribution in [3.05, 3.63) is 36.2 Å². The molecule has 3 rings (SSSR count). The number of aromatic nitrogens is 4. The maximum Gasteiger partial charge on any atom is 0.433 e. The Bertz CT molecular complexity index is 682. The van der Waals surface area contributed by atoms with Crippen molar-refractivity contribution in [1.82, 2.24) is 19.9 Å². The highest BCUT2D eigenvalue weighted by Gasteiger charge is 2.33. The molecule has 23 heavy (non-hydrogen) atoms. The molecule has 2 aromatic rings. The topological polar surface area (TPSA) is 58.0 Å². The van der Waals surface area contributed by atoms with Gasteiger partial charge in [0, 0.05) is 38.4 Å². The molecule has 9 heteroatoms. The van der Waals surface area contributed by atoms with E-state index in [0.717, 1.165) is 23.9 Å². The summed E-state index contributed by atoms with van der Waals surface area (Å²) in [6, 6.07) is 0.988. The summed E-state index contributed by atoms with van der Waals surface area (Å²) in [5.41, 5.74) is -0.0926. The first-order chi connectivity index (χ1) is 10.9. The van der Waals surface area contributed by atoms with Crippen molar-refractivity contribution in [3.63, 3.8) is 0 Å². The van der Waals surface area contributed by atoms with Crippen LogP contribution in [0.3, 0.4) is 0 Å². The first-order valence-electron chi connectivity index (χ1n) is 7.11. The van der Waals surface area contributed by atoms with Gasteiger partial charge < -0.3 is 9.80 Å². The highest BCUT2D eigenvalue weighted by atomic mass is 19.4. The molecular weight excluding hydrogens is 309 g/mol. The zero-order valence-corrected chi connectivity index (χ0v) is 12.5. The van der Waals surface area contributed by atoms with E-state index in [1.165, 1.54) is 0 Å². The van der Waals surface area contributed by atoms with Crippen molar-refractivity contribution in [1.29, 1.82) is 0 Å². The second-order valence-electron chi connectivity index (χ2n) is 5.25. The fourth-order valence-electron chi connectivity index (χ4n) is 2.44. The Morgan fingerprint density at radius 1 is 0.957 bits per heavy atom. The highest BCUT2D eigenvalue weighted by Crippen LogP contribution is 2.29. The molecule has 3 heterocycles. The summed E-state index contributed by atoms with van der Waals surface area (Å²) in [7, 11) is 0. The molecule has 1 saturated heterocycles. The van der Waals surface area contributed by atoms with E-state index in [0.29, 0.717) is 32.0 Å². The van der Waals surface area contributed by atoms with Crippen molar-refractivity contribution in [2.24, 2.45) is 0 Å². The van der Waals surface area contributed by atoms with Gasteiger partial charge in [-0.3, -0.25) is 4.98 Å². The number of rotatable bonds is 2. The van der Waals surface area contributed by atoms with E-state index >= 15 is 0 Å². The number of alkyl halides is 3. The summed E-state index contributed by atoms with van der Waals surface area (Å²) in [5, 5.41) is 0. The van der Waals surface area contributed by atoms with Gasteiger partial charge in [0.1, 0.15) is 23.7 Å². The van der Waals surface area contributed by atoms with Crippen LogP contribution in [0, 0.1) is 6.92 Å². The third-order valence-corrected chi connectivity index (χ3v) is 3.61. The molecule has 122 valence electrons. The van der Waals surface area contributed by atoms with Crippen LogP contribution in [-0.4, -0.2) is 46.1 Å². The van der Waals surface area contributed by atoms with Gasteiger partial charge in [0.25, 0.3) is 0 Å². The molecule has 0 radical (unpaired) electrons. The van der Waals surface area contributed by atoms with Crippen molar-refractivity contribution in [3.8, 4) is 0 Å². The average Bonchev–Trinajstić information content (AvgIpc) is 2.54. The monoisotopic (exact) mass is 324 g/mol. The third kappa shape index (κ3) is 3.49. The molecule has 0 saturated carbocycles. The van der Waals surface area contributed by atoms with Gasteiger partial charge in [-0.2, -0.15) is 13.2 Å². The fourth-order valence-corrected chi connectivity index (χ4v) is 2.44. The predicted octanol–water partition coefficient (Wildman–Crippen LogP) is 1.92. The molecular formula is C14H15F3N6. The van der Waals surface area contributed by atoms with Crippen LogP contribution in [0.2, 0.25) is 0 Å². The van der Waals surface area contributed by atoms with E-state index in [-0.39, 0.29) is 0 Å². The largest absolute Gasteiger partial charge is 0.433 e. The SMILES string of the molecule is Cc1cncc(N2CCN(c3cc(C(F)(F)F)ncn3)CC2)n1. The Kier molecular flexibility index (Phi) is 4.01. The third-order valence-electron chi connectivity index (χ3n) is 3.61. The molecule has 0 spiro atoms. The first kappa shape index (κ1) is 15.4. The van der Waals surface area contributed by atoms with E-state index in [1.807, 2.05) is 11.8 Å². The molecule has 0 unspecified atom stereocenters. The fraction of sp³-hybridized carbons (Fsp3) is 0.429. The smallest absolute Gasteiger partial charge is 0.353 e. The molecule has 2 aromatic heterocycles. The molecule has 1 aliphatic rings. The number of anilines is 2. The van der Waals surface area contributed by atoms with Crippen LogP contribution in [0.1, 0.15) is 11.4 Å². The van der Waals surface area contributed by atoms with Gasteiger partial charge in [0.05, 0.1) is 11.9 Å². The number of hydrogen-bond acceptors (Lipinski definition) is 6. The minimum Gasteiger partial charge on any atom is -0.353 e. The second-order valence-corrected chi connectivity index (χ2v) is 5.25. The number of aryl methyl sites for hydroxylation is 1. The first-order valence-corrected chi connectivity index (χ1v) is 7.11. The maximum atomic E-state index is 12.7. The summed E-state index contributed by atoms with van der Waals surface area (Å²) in [6.07, 6.45) is -0.137. The molecule has 1 fully saturated rings. The quantitative estimate of drug-likeness (QED) is 0.841. The van der Waals surface area contributed by atoms with Crippen LogP contribution < -0.4 is 9.80 Å². The van der Waals surface area contributed by atoms with Crippen LogP contribution in [0.5, 0.6) is 0 Å². The lowest BCUT2D eigenvalue weighted by Crippen LogP contribution is -2.47. The van der Waals surface area contributed by atoms with Crippen LogP contribution in [0.4, 0.5) is 24.8 Å². The molecule has 6 nitrogen and oxygen atoms in total. The van der Waals surface area contributed by atoms with Gasteiger partial charge >= 0.3 is 6.18 Å². The lowest BCUT2D eigenvalue weighted by atomic mass is 10.3. The Hall–Kier alpha value is -2.45. The molecule has 0 bridgehead atoms. The average molecular weight is 324 g/mol. The minimum absolute atomic E-state index is 0.294. The Balaban J connectivity index is 1.70. The molecule has 0 N–H and O–H groups in total. The maximum absolute atomic E-state index is 12.7. The molecule has 0 atom stereocenters. The van der Waals surface area contributed by atoms with E-state index in [2.05, 4.69) is 24.8 Å². The Morgan fingerprint density at radius 2 is 1.61 bits per heavy atom. The predicted molar refractivity (Wildman–Crippen MR) is 78.2 cm³/mol. The lowest BCUT2D eigenvalue weighted by molar-refractivity contribution is -0.141. The Labute approximate surface area is 131 Å². The van der Waals surface area contributed by atoms with Gasteiger partial charge in [0.15, 0.2) is 0 Å². The van der Waals surface area contributed by atoms with Crippen molar-refractivity contribution < 1.29 is 13.2 Å². The van der Waals surface area contributed by atoms with Crippen molar-refractivity contribution in [2.45, 2.75) is 13.1 Å². The highest BCUT2D eigenvalue weighted by molar-refractivity contribution is 5.44. The summed E-state index contributed by atoms with van der Waals surface area (Å²) >= 11 is 0. The van der Waals surface area contributed by atoms with Gasteiger partial charge in [-0.1, -0.05) is 0 Å². The Morgan fingerprint density at radius 3 is 2.22 bits per heavy atom. The van der Waals surface area contributed by atoms with Gasteiger partial charge in [-0.25, -0.2) is 15.0 Å². The van der Waals surface area contributed by atoms with E-state index in [9.17, 15) is 13.2 Å². The zero-order valence-electron chi connectivity index (χ0n) is 12.5. The molecule has 1 aliphatic heterocycles. The summed E-state index contributed by atoms with van der Waals surface area (Å²) in [4.78, 5) is 19.6. The number of piperazine rings is 1. The van der Waals surface area contributed by atoms with Crippen LogP contribution in [0.25, 0.3) is 0 Å². The van der Waals surface area contributed by atoms with E-state index in [1.54, 1.807) is 12.4 Å². The summed E-state index contributed by atoms with van der Waals surface area (Å²) in [6.45, 7) is 4.27. The minimum atomic E-state index is -4.46. The van der Waals surface area contributed by atoms with E-state index < -0.39 is 11.9 Å². The normalized spacial score (nSPS) is 15.8.